The molecule has 3 aliphatic rings. The molecular formula is C27H41N3O2. The summed E-state index contributed by atoms with van der Waals surface area (Å²) in [6.45, 7) is 8.75. The zero-order chi connectivity index (χ0) is 23.3. The van der Waals surface area contributed by atoms with Crippen molar-refractivity contribution in [2.75, 3.05) is 6.54 Å². The van der Waals surface area contributed by atoms with E-state index < -0.39 is 0 Å². The van der Waals surface area contributed by atoms with Gasteiger partial charge in [0.05, 0.1) is 5.41 Å². The van der Waals surface area contributed by atoms with Crippen LogP contribution in [0.1, 0.15) is 102 Å². The number of pyridine rings is 1. The molecule has 0 aromatic carbocycles. The molecule has 176 valence electrons. The second-order valence-corrected chi connectivity index (χ2v) is 9.99. The lowest BCUT2D eigenvalue weighted by Gasteiger charge is -2.32. The highest BCUT2D eigenvalue weighted by Gasteiger charge is 2.47. The van der Waals surface area contributed by atoms with Crippen LogP contribution in [0.25, 0.3) is 0 Å². The van der Waals surface area contributed by atoms with Gasteiger partial charge in [-0.15, -0.1) is 0 Å². The lowest BCUT2D eigenvalue weighted by Crippen LogP contribution is -2.36. The molecule has 32 heavy (non-hydrogen) atoms. The fourth-order valence-corrected chi connectivity index (χ4v) is 5.30. The Morgan fingerprint density at radius 1 is 1.19 bits per heavy atom. The summed E-state index contributed by atoms with van der Waals surface area (Å²) in [5.74, 6) is 0.827. The van der Waals surface area contributed by atoms with Gasteiger partial charge in [-0.3, -0.25) is 14.6 Å². The van der Waals surface area contributed by atoms with Crippen molar-refractivity contribution in [3.63, 3.8) is 0 Å². The lowest BCUT2D eigenvalue weighted by molar-refractivity contribution is -0.136. The molecule has 1 aliphatic heterocycles. The number of rotatable bonds is 5. The first-order valence-electron chi connectivity index (χ1n) is 12.5. The molecule has 2 aliphatic carbocycles. The topological polar surface area (TPSA) is 76.3 Å². The van der Waals surface area contributed by atoms with Crippen LogP contribution in [0.3, 0.4) is 0 Å². The average Bonchev–Trinajstić information content (AvgIpc) is 3.04. The number of amides is 1. The van der Waals surface area contributed by atoms with Gasteiger partial charge in [-0.1, -0.05) is 38.7 Å². The van der Waals surface area contributed by atoms with Crippen molar-refractivity contribution >= 4 is 11.7 Å². The largest absolute Gasteiger partial charge is 0.324 e. The third-order valence-electron chi connectivity index (χ3n) is 7.72. The number of ketones is 1. The Labute approximate surface area is 193 Å². The number of nitrogens with two attached hydrogens (primary N) is 1. The molecule has 0 radical (unpaired) electrons. The fourth-order valence-electron chi connectivity index (χ4n) is 5.30. The molecule has 1 atom stereocenters. The molecule has 3 fully saturated rings. The summed E-state index contributed by atoms with van der Waals surface area (Å²) in [6.07, 6.45) is 12.6. The van der Waals surface area contributed by atoms with E-state index in [4.69, 9.17) is 5.73 Å². The van der Waals surface area contributed by atoms with Crippen molar-refractivity contribution in [3.05, 3.63) is 40.9 Å². The number of nitrogens with zero attached hydrogens (tertiary/aromatic N) is 2. The molecule has 1 unspecified atom stereocenters. The van der Waals surface area contributed by atoms with E-state index in [9.17, 15) is 9.59 Å². The lowest BCUT2D eigenvalue weighted by atomic mass is 9.73. The molecule has 1 saturated heterocycles. The Hall–Kier alpha value is -2.01. The molecule has 2 N–H and O–H groups in total. The quantitative estimate of drug-likeness (QED) is 0.603. The van der Waals surface area contributed by atoms with Crippen molar-refractivity contribution in [1.82, 2.24) is 9.88 Å². The monoisotopic (exact) mass is 439 g/mol. The maximum Gasteiger partial charge on any atom is 0.233 e. The van der Waals surface area contributed by atoms with Crippen LogP contribution in [0.2, 0.25) is 0 Å². The number of aryl methyl sites for hydroxylation is 1. The van der Waals surface area contributed by atoms with Gasteiger partial charge in [0.1, 0.15) is 0 Å². The molecule has 4 rings (SSSR count). The average molecular weight is 440 g/mol. The standard InChI is InChI=1S/C19H29NO2.C8H12N2/c1-3-16(14(2)17(21)15-8-7-9-15)20-13-12-19(18(20)22)10-5-4-6-11-19;1-6-3-4-8(5-10-6)7(2)9/h15H,3-13H2,1-2H3;3-5,7H,9H2,1-2H3/b16-14+;. The number of allylic oxidation sites excluding steroid dienone is 2. The Morgan fingerprint density at radius 3 is 2.38 bits per heavy atom. The minimum atomic E-state index is -0.0987. The van der Waals surface area contributed by atoms with Crippen molar-refractivity contribution in [1.29, 1.82) is 0 Å². The van der Waals surface area contributed by atoms with Crippen LogP contribution >= 0.6 is 0 Å². The zero-order valence-electron chi connectivity index (χ0n) is 20.5. The third-order valence-corrected chi connectivity index (χ3v) is 7.72. The summed E-state index contributed by atoms with van der Waals surface area (Å²) >= 11 is 0. The van der Waals surface area contributed by atoms with Gasteiger partial charge in [-0.2, -0.15) is 0 Å². The predicted molar refractivity (Wildman–Crippen MR) is 129 cm³/mol. The molecule has 1 aromatic rings. The summed E-state index contributed by atoms with van der Waals surface area (Å²) in [4.78, 5) is 31.7. The van der Waals surface area contributed by atoms with Crippen molar-refractivity contribution in [2.45, 2.75) is 97.9 Å². The fraction of sp³-hybridized carbons (Fsp3) is 0.667. The van der Waals surface area contributed by atoms with Gasteiger partial charge in [0.15, 0.2) is 5.78 Å². The minimum Gasteiger partial charge on any atom is -0.324 e. The van der Waals surface area contributed by atoms with Crippen LogP contribution in [-0.2, 0) is 9.59 Å². The Bertz CT molecular complexity index is 831. The highest BCUT2D eigenvalue weighted by molar-refractivity contribution is 5.98. The molecule has 1 amide bonds. The first-order chi connectivity index (χ1) is 15.3. The molecule has 2 heterocycles. The van der Waals surface area contributed by atoms with E-state index in [1.54, 1.807) is 0 Å². The number of hydrogen-bond acceptors (Lipinski definition) is 4. The zero-order valence-corrected chi connectivity index (χ0v) is 20.5. The van der Waals surface area contributed by atoms with Crippen molar-refractivity contribution in [2.24, 2.45) is 17.1 Å². The van der Waals surface area contributed by atoms with Gasteiger partial charge < -0.3 is 10.6 Å². The number of Topliss-reactive ketones (excluding diaryl/α,β-unsaturated/α-hetero) is 1. The smallest absolute Gasteiger partial charge is 0.233 e. The van der Waals surface area contributed by atoms with Gasteiger partial charge in [0.2, 0.25) is 5.91 Å². The number of hydrogen-bond donors (Lipinski definition) is 1. The van der Waals surface area contributed by atoms with Gasteiger partial charge in [0.25, 0.3) is 0 Å². The summed E-state index contributed by atoms with van der Waals surface area (Å²) in [6, 6.07) is 4.07. The van der Waals surface area contributed by atoms with Crippen molar-refractivity contribution < 1.29 is 9.59 Å². The van der Waals surface area contributed by atoms with Crippen LogP contribution in [0.4, 0.5) is 0 Å². The number of carbonyl (C=O) groups is 2. The van der Waals surface area contributed by atoms with Crippen molar-refractivity contribution in [3.8, 4) is 0 Å². The van der Waals surface area contributed by atoms with Gasteiger partial charge in [-0.25, -0.2) is 0 Å². The maximum absolute atomic E-state index is 13.0. The molecule has 0 bridgehead atoms. The predicted octanol–water partition coefficient (Wildman–Crippen LogP) is 5.63. The first-order valence-corrected chi connectivity index (χ1v) is 12.5. The van der Waals surface area contributed by atoms with Crippen LogP contribution in [0.5, 0.6) is 0 Å². The first kappa shape index (κ1) is 24.6. The summed E-state index contributed by atoms with van der Waals surface area (Å²) in [5.41, 5.74) is 9.50. The molecule has 5 heteroatoms. The summed E-state index contributed by atoms with van der Waals surface area (Å²) < 4.78 is 0. The second-order valence-electron chi connectivity index (χ2n) is 9.99. The van der Waals surface area contributed by atoms with Crippen LogP contribution in [0.15, 0.2) is 29.6 Å². The number of carbonyl (C=O) groups excluding carboxylic acids is 2. The molecule has 1 spiro atoms. The van der Waals surface area contributed by atoms with E-state index in [0.29, 0.717) is 11.7 Å². The van der Waals surface area contributed by atoms with E-state index in [-0.39, 0.29) is 17.4 Å². The Kier molecular flexibility index (Phi) is 8.26. The van der Waals surface area contributed by atoms with Crippen LogP contribution in [0, 0.1) is 18.3 Å². The molecule has 5 nitrogen and oxygen atoms in total. The maximum atomic E-state index is 13.0. The summed E-state index contributed by atoms with van der Waals surface area (Å²) in [5, 5.41) is 0. The molecule has 2 saturated carbocycles. The van der Waals surface area contributed by atoms with Crippen LogP contribution in [-0.4, -0.2) is 28.1 Å². The van der Waals surface area contributed by atoms with Gasteiger partial charge in [-0.05, 0) is 70.9 Å². The van der Waals surface area contributed by atoms with Gasteiger partial charge in [0, 0.05) is 41.7 Å². The summed E-state index contributed by atoms with van der Waals surface area (Å²) in [7, 11) is 0. The van der Waals surface area contributed by atoms with E-state index in [1.165, 1.54) is 25.7 Å². The Balaban J connectivity index is 0.000000243. The van der Waals surface area contributed by atoms with E-state index in [1.807, 2.05) is 44.0 Å². The SMILES string of the molecule is CC/C(=C(/C)C(=O)C1CCC1)N1CCC2(CCCCC2)C1=O.Cc1ccc(C(C)N)cn1. The van der Waals surface area contributed by atoms with E-state index in [0.717, 1.165) is 67.6 Å². The minimum absolute atomic E-state index is 0.0908. The highest BCUT2D eigenvalue weighted by Crippen LogP contribution is 2.46. The molecule has 1 aromatic heterocycles. The number of likely N-dealkylation sites (tertiary alicyclic amines) is 1. The number of aromatic nitrogens is 1. The van der Waals surface area contributed by atoms with Gasteiger partial charge >= 0.3 is 0 Å². The van der Waals surface area contributed by atoms with Crippen LogP contribution < -0.4 is 5.73 Å². The second kappa shape index (κ2) is 10.7. The Morgan fingerprint density at radius 2 is 1.88 bits per heavy atom. The molecular weight excluding hydrogens is 398 g/mol. The normalized spacial score (nSPS) is 22.0. The third kappa shape index (κ3) is 5.31. The van der Waals surface area contributed by atoms with E-state index in [2.05, 4.69) is 11.9 Å². The highest BCUT2D eigenvalue weighted by atomic mass is 16.2. The van der Waals surface area contributed by atoms with E-state index >= 15 is 0 Å².